The minimum atomic E-state index is 0.687. The van der Waals surface area contributed by atoms with Gasteiger partial charge >= 0.3 is 0 Å². The van der Waals surface area contributed by atoms with Crippen LogP contribution in [0.2, 0.25) is 0 Å². The van der Waals surface area contributed by atoms with E-state index in [0.717, 1.165) is 24.9 Å². The van der Waals surface area contributed by atoms with Crippen LogP contribution in [0.3, 0.4) is 0 Å². The molecule has 0 spiro atoms. The maximum atomic E-state index is 5.72. The zero-order valence-electron chi connectivity index (χ0n) is 18.0. The molecular formula is C28H36O. The third kappa shape index (κ3) is 6.72. The van der Waals surface area contributed by atoms with Gasteiger partial charge in [-0.05, 0) is 86.0 Å². The lowest BCUT2D eigenvalue weighted by Crippen LogP contribution is -2.13. The third-order valence-corrected chi connectivity index (χ3v) is 6.23. The summed E-state index contributed by atoms with van der Waals surface area (Å²) in [6, 6.07) is 18.1. The van der Waals surface area contributed by atoms with Crippen molar-refractivity contribution >= 4 is 0 Å². The highest BCUT2D eigenvalue weighted by molar-refractivity contribution is 5.64. The van der Waals surface area contributed by atoms with Gasteiger partial charge in [0.1, 0.15) is 0 Å². The standard InChI is InChI=1S/C28H36O/c1-3-5-7-21-29-22-24-11-15-26(16-12-24)28-19-17-27(18-20-28)25-13-9-23(10-14-25)8-6-4-2/h3-5,11-12,15-20,23,25H,2,6-10,13-14,21-22H2,1H3. The second kappa shape index (κ2) is 11.8. The Morgan fingerprint density at radius 2 is 1.55 bits per heavy atom. The summed E-state index contributed by atoms with van der Waals surface area (Å²) in [5.74, 6) is 1.65. The molecule has 0 unspecified atom stereocenters. The molecule has 1 aliphatic carbocycles. The van der Waals surface area contributed by atoms with Crippen LogP contribution >= 0.6 is 0 Å². The van der Waals surface area contributed by atoms with Crippen LogP contribution in [0.15, 0.2) is 73.3 Å². The zero-order chi connectivity index (χ0) is 20.3. The predicted molar refractivity (Wildman–Crippen MR) is 125 cm³/mol. The van der Waals surface area contributed by atoms with Crippen LogP contribution in [-0.4, -0.2) is 6.61 Å². The molecule has 0 amide bonds. The van der Waals surface area contributed by atoms with Crippen molar-refractivity contribution in [1.29, 1.82) is 0 Å². The van der Waals surface area contributed by atoms with Crippen molar-refractivity contribution in [2.24, 2.45) is 5.92 Å². The smallest absolute Gasteiger partial charge is 0.0717 e. The van der Waals surface area contributed by atoms with Gasteiger partial charge in [0.05, 0.1) is 13.2 Å². The van der Waals surface area contributed by atoms with Gasteiger partial charge in [0.2, 0.25) is 0 Å². The van der Waals surface area contributed by atoms with E-state index in [4.69, 9.17) is 4.74 Å². The highest BCUT2D eigenvalue weighted by Crippen LogP contribution is 2.38. The molecule has 0 bridgehead atoms. The molecule has 29 heavy (non-hydrogen) atoms. The van der Waals surface area contributed by atoms with E-state index in [9.17, 15) is 0 Å². The van der Waals surface area contributed by atoms with Crippen LogP contribution < -0.4 is 0 Å². The number of rotatable bonds is 10. The molecule has 154 valence electrons. The summed E-state index contributed by atoms with van der Waals surface area (Å²) >= 11 is 0. The molecule has 1 nitrogen and oxygen atoms in total. The fourth-order valence-electron chi connectivity index (χ4n) is 4.39. The molecule has 0 heterocycles. The Hall–Kier alpha value is -2.12. The van der Waals surface area contributed by atoms with E-state index in [1.54, 1.807) is 0 Å². The maximum Gasteiger partial charge on any atom is 0.0717 e. The van der Waals surface area contributed by atoms with Gasteiger partial charge in [0, 0.05) is 0 Å². The number of hydrogen-bond acceptors (Lipinski definition) is 1. The Balaban J connectivity index is 1.50. The Kier molecular flexibility index (Phi) is 8.77. The Morgan fingerprint density at radius 3 is 2.17 bits per heavy atom. The third-order valence-electron chi connectivity index (χ3n) is 6.23. The van der Waals surface area contributed by atoms with Crippen LogP contribution in [0, 0.1) is 5.92 Å². The molecule has 0 radical (unpaired) electrons. The number of ether oxygens (including phenoxy) is 1. The van der Waals surface area contributed by atoms with Crippen molar-refractivity contribution in [2.45, 2.75) is 64.4 Å². The van der Waals surface area contributed by atoms with E-state index in [1.165, 1.54) is 60.8 Å². The highest BCUT2D eigenvalue weighted by Gasteiger charge is 2.21. The molecule has 0 saturated heterocycles. The molecule has 2 aromatic carbocycles. The predicted octanol–water partition coefficient (Wildman–Crippen LogP) is 8.08. The molecular weight excluding hydrogens is 352 g/mol. The minimum absolute atomic E-state index is 0.687. The van der Waals surface area contributed by atoms with Gasteiger partial charge in [-0.2, -0.15) is 0 Å². The van der Waals surface area contributed by atoms with Crippen molar-refractivity contribution in [2.75, 3.05) is 6.61 Å². The van der Waals surface area contributed by atoms with Crippen molar-refractivity contribution in [1.82, 2.24) is 0 Å². The summed E-state index contributed by atoms with van der Waals surface area (Å²) in [4.78, 5) is 0. The summed E-state index contributed by atoms with van der Waals surface area (Å²) in [5, 5.41) is 0. The summed E-state index contributed by atoms with van der Waals surface area (Å²) in [6.07, 6.45) is 15.2. The van der Waals surface area contributed by atoms with Gasteiger partial charge in [-0.25, -0.2) is 0 Å². The van der Waals surface area contributed by atoms with Crippen LogP contribution in [0.4, 0.5) is 0 Å². The molecule has 0 aromatic heterocycles. The zero-order valence-corrected chi connectivity index (χ0v) is 18.0. The molecule has 1 saturated carbocycles. The van der Waals surface area contributed by atoms with E-state index in [1.807, 2.05) is 6.92 Å². The van der Waals surface area contributed by atoms with E-state index < -0.39 is 0 Å². The first-order valence-electron chi connectivity index (χ1n) is 11.3. The lowest BCUT2D eigenvalue weighted by atomic mass is 9.77. The van der Waals surface area contributed by atoms with Crippen LogP contribution in [0.1, 0.15) is 68.9 Å². The van der Waals surface area contributed by atoms with Gasteiger partial charge in [-0.3, -0.25) is 0 Å². The number of benzene rings is 2. The van der Waals surface area contributed by atoms with Gasteiger partial charge in [-0.1, -0.05) is 66.8 Å². The lowest BCUT2D eigenvalue weighted by Gasteiger charge is -2.28. The van der Waals surface area contributed by atoms with Crippen molar-refractivity contribution in [3.8, 4) is 11.1 Å². The molecule has 1 heteroatoms. The van der Waals surface area contributed by atoms with Crippen LogP contribution in [0.5, 0.6) is 0 Å². The van der Waals surface area contributed by atoms with Crippen molar-refractivity contribution < 1.29 is 4.74 Å². The first-order valence-corrected chi connectivity index (χ1v) is 11.3. The summed E-state index contributed by atoms with van der Waals surface area (Å²) in [7, 11) is 0. The second-order valence-corrected chi connectivity index (χ2v) is 8.31. The SMILES string of the molecule is C=CCCC1CCC(c2ccc(-c3ccc(COCCC=CC)cc3)cc2)CC1. The molecule has 1 aliphatic rings. The Morgan fingerprint density at radius 1 is 0.897 bits per heavy atom. The number of allylic oxidation sites excluding steroid dienone is 2. The summed E-state index contributed by atoms with van der Waals surface area (Å²) in [5.41, 5.74) is 5.33. The molecule has 0 aliphatic heterocycles. The molecule has 3 rings (SSSR count). The van der Waals surface area contributed by atoms with E-state index in [2.05, 4.69) is 73.3 Å². The average molecular weight is 389 g/mol. The summed E-state index contributed by atoms with van der Waals surface area (Å²) in [6.45, 7) is 7.37. The average Bonchev–Trinajstić information content (AvgIpc) is 2.78. The largest absolute Gasteiger partial charge is 0.376 e. The van der Waals surface area contributed by atoms with Gasteiger partial charge < -0.3 is 4.74 Å². The molecule has 1 fully saturated rings. The number of hydrogen-bond donors (Lipinski definition) is 0. The van der Waals surface area contributed by atoms with Gasteiger partial charge in [-0.15, -0.1) is 6.58 Å². The van der Waals surface area contributed by atoms with Crippen LogP contribution in [0.25, 0.3) is 11.1 Å². The topological polar surface area (TPSA) is 9.23 Å². The highest BCUT2D eigenvalue weighted by atomic mass is 16.5. The molecule has 0 N–H and O–H groups in total. The normalized spacial score (nSPS) is 19.5. The Labute approximate surface area is 177 Å². The quantitative estimate of drug-likeness (QED) is 0.295. The monoisotopic (exact) mass is 388 g/mol. The lowest BCUT2D eigenvalue weighted by molar-refractivity contribution is 0.125. The van der Waals surface area contributed by atoms with Crippen molar-refractivity contribution in [3.63, 3.8) is 0 Å². The second-order valence-electron chi connectivity index (χ2n) is 8.31. The fourth-order valence-corrected chi connectivity index (χ4v) is 4.39. The van der Waals surface area contributed by atoms with Gasteiger partial charge in [0.25, 0.3) is 0 Å². The fraction of sp³-hybridized carbons (Fsp3) is 0.429. The first kappa shape index (κ1) is 21.6. The maximum absolute atomic E-state index is 5.72. The minimum Gasteiger partial charge on any atom is -0.376 e. The van der Waals surface area contributed by atoms with Crippen LogP contribution in [-0.2, 0) is 11.3 Å². The molecule has 0 atom stereocenters. The van der Waals surface area contributed by atoms with E-state index in [0.29, 0.717) is 6.61 Å². The van der Waals surface area contributed by atoms with Crippen molar-refractivity contribution in [3.05, 3.63) is 84.5 Å². The Bertz CT molecular complexity index is 746. The summed E-state index contributed by atoms with van der Waals surface area (Å²) < 4.78 is 5.72. The molecule has 2 aromatic rings. The van der Waals surface area contributed by atoms with E-state index >= 15 is 0 Å². The van der Waals surface area contributed by atoms with E-state index in [-0.39, 0.29) is 0 Å². The van der Waals surface area contributed by atoms with Gasteiger partial charge in [0.15, 0.2) is 0 Å². The first-order chi connectivity index (χ1) is 14.3.